The van der Waals surface area contributed by atoms with Crippen molar-refractivity contribution in [2.45, 2.75) is 32.4 Å². The van der Waals surface area contributed by atoms with Gasteiger partial charge in [0.05, 0.1) is 19.3 Å². The summed E-state index contributed by atoms with van der Waals surface area (Å²) in [4.78, 5) is 8.28. The summed E-state index contributed by atoms with van der Waals surface area (Å²) in [6.45, 7) is 5.97. The predicted molar refractivity (Wildman–Crippen MR) is 70.0 cm³/mol. The number of hydrogen-bond donors (Lipinski definition) is 1. The molecule has 1 aromatic heterocycles. The van der Waals surface area contributed by atoms with Gasteiger partial charge in [-0.15, -0.1) is 0 Å². The van der Waals surface area contributed by atoms with Gasteiger partial charge in [0.15, 0.2) is 0 Å². The summed E-state index contributed by atoms with van der Waals surface area (Å²) in [6.07, 6.45) is 1.20. The first-order chi connectivity index (χ1) is 8.63. The first-order valence-corrected chi connectivity index (χ1v) is 6.48. The Balaban J connectivity index is 1.80. The van der Waals surface area contributed by atoms with Crippen molar-refractivity contribution in [3.05, 3.63) is 17.0 Å². The van der Waals surface area contributed by atoms with Crippen LogP contribution in [-0.2, 0) is 9.47 Å². The molecule has 1 aliphatic rings. The molecule has 0 aliphatic carbocycles. The van der Waals surface area contributed by atoms with Crippen molar-refractivity contribution in [1.29, 1.82) is 0 Å². The highest BCUT2D eigenvalue weighted by atomic mass is 35.5. The highest BCUT2D eigenvalue weighted by Gasteiger charge is 2.17. The lowest BCUT2D eigenvalue weighted by atomic mass is 10.3. The van der Waals surface area contributed by atoms with Gasteiger partial charge in [-0.2, -0.15) is 0 Å². The maximum Gasteiger partial charge on any atom is 0.134 e. The normalized spacial score (nSPS) is 20.9. The van der Waals surface area contributed by atoms with Crippen LogP contribution in [0.5, 0.6) is 0 Å². The highest BCUT2D eigenvalue weighted by molar-refractivity contribution is 6.29. The van der Waals surface area contributed by atoms with Gasteiger partial charge in [-0.25, -0.2) is 9.97 Å². The van der Waals surface area contributed by atoms with Gasteiger partial charge < -0.3 is 14.8 Å². The summed E-state index contributed by atoms with van der Waals surface area (Å²) in [6, 6.07) is 1.87. The Kier molecular flexibility index (Phi) is 4.74. The van der Waals surface area contributed by atoms with Gasteiger partial charge >= 0.3 is 0 Å². The molecule has 1 saturated heterocycles. The molecule has 0 aromatic carbocycles. The minimum atomic E-state index is 0.163. The summed E-state index contributed by atoms with van der Waals surface area (Å²) in [5, 5.41) is 3.69. The van der Waals surface area contributed by atoms with Crippen LogP contribution < -0.4 is 5.32 Å². The number of aromatic nitrogens is 2. The van der Waals surface area contributed by atoms with Crippen molar-refractivity contribution in [2.24, 2.45) is 0 Å². The van der Waals surface area contributed by atoms with E-state index in [1.807, 2.05) is 13.8 Å². The lowest BCUT2D eigenvalue weighted by Gasteiger charge is -2.17. The molecule has 2 unspecified atom stereocenters. The fraction of sp³-hybridized carbons (Fsp3) is 0.667. The Hall–Kier alpha value is -0.910. The van der Waals surface area contributed by atoms with Crippen LogP contribution in [-0.4, -0.2) is 41.9 Å². The molecular formula is C12H18ClN3O2. The van der Waals surface area contributed by atoms with E-state index in [1.165, 1.54) is 0 Å². The third kappa shape index (κ3) is 4.08. The SMILES string of the molecule is Cc1nc(Cl)cc(NC(C)COC2CCOC2)n1. The molecule has 2 heterocycles. The zero-order valence-corrected chi connectivity index (χ0v) is 11.4. The topological polar surface area (TPSA) is 56.3 Å². The summed E-state index contributed by atoms with van der Waals surface area (Å²) in [5.74, 6) is 1.38. The second-order valence-electron chi connectivity index (χ2n) is 4.49. The van der Waals surface area contributed by atoms with Crippen molar-refractivity contribution < 1.29 is 9.47 Å². The van der Waals surface area contributed by atoms with Crippen LogP contribution in [0.2, 0.25) is 5.15 Å². The Morgan fingerprint density at radius 2 is 2.44 bits per heavy atom. The van der Waals surface area contributed by atoms with Crippen LogP contribution >= 0.6 is 11.6 Å². The minimum absolute atomic E-state index is 0.163. The van der Waals surface area contributed by atoms with Gasteiger partial charge in [-0.3, -0.25) is 0 Å². The number of anilines is 1. The van der Waals surface area contributed by atoms with E-state index in [4.69, 9.17) is 21.1 Å². The number of ether oxygens (including phenoxy) is 2. The summed E-state index contributed by atoms with van der Waals surface area (Å²) in [7, 11) is 0. The molecule has 0 amide bonds. The van der Waals surface area contributed by atoms with Crippen molar-refractivity contribution in [3.63, 3.8) is 0 Å². The Morgan fingerprint density at radius 3 is 3.11 bits per heavy atom. The van der Waals surface area contributed by atoms with E-state index < -0.39 is 0 Å². The maximum absolute atomic E-state index is 5.88. The Morgan fingerprint density at radius 1 is 1.61 bits per heavy atom. The van der Waals surface area contributed by atoms with E-state index in [2.05, 4.69) is 15.3 Å². The summed E-state index contributed by atoms with van der Waals surface area (Å²) in [5.41, 5.74) is 0. The lowest BCUT2D eigenvalue weighted by molar-refractivity contribution is 0.0395. The van der Waals surface area contributed by atoms with Crippen molar-refractivity contribution in [1.82, 2.24) is 9.97 Å². The molecule has 0 saturated carbocycles. The first-order valence-electron chi connectivity index (χ1n) is 6.10. The van der Waals surface area contributed by atoms with Crippen LogP contribution in [0.1, 0.15) is 19.2 Å². The molecule has 18 heavy (non-hydrogen) atoms. The first kappa shape index (κ1) is 13.5. The average molecular weight is 272 g/mol. The van der Waals surface area contributed by atoms with E-state index in [1.54, 1.807) is 6.07 Å². The van der Waals surface area contributed by atoms with Gasteiger partial charge in [0.25, 0.3) is 0 Å². The molecule has 1 fully saturated rings. The molecule has 6 heteroatoms. The molecule has 1 N–H and O–H groups in total. The molecule has 0 spiro atoms. The van der Waals surface area contributed by atoms with Crippen LogP contribution in [0, 0.1) is 6.92 Å². The molecule has 0 radical (unpaired) electrons. The van der Waals surface area contributed by atoms with Gasteiger partial charge in [0, 0.05) is 18.7 Å². The highest BCUT2D eigenvalue weighted by Crippen LogP contribution is 2.13. The molecule has 0 bridgehead atoms. The molecule has 100 valence electrons. The van der Waals surface area contributed by atoms with Gasteiger partial charge in [0.1, 0.15) is 16.8 Å². The molecule has 1 aromatic rings. The lowest BCUT2D eigenvalue weighted by Crippen LogP contribution is -2.26. The molecular weight excluding hydrogens is 254 g/mol. The minimum Gasteiger partial charge on any atom is -0.379 e. The fourth-order valence-corrected chi connectivity index (χ4v) is 2.05. The standard InChI is InChI=1S/C12H18ClN3O2/c1-8(6-18-10-3-4-17-7-10)14-12-5-11(13)15-9(2)16-12/h5,8,10H,3-4,6-7H2,1-2H3,(H,14,15,16). The quantitative estimate of drug-likeness (QED) is 0.831. The van der Waals surface area contributed by atoms with E-state index in [0.717, 1.165) is 18.8 Å². The monoisotopic (exact) mass is 271 g/mol. The summed E-state index contributed by atoms with van der Waals surface area (Å²) >= 11 is 5.88. The Labute approximate surface area is 112 Å². The zero-order chi connectivity index (χ0) is 13.0. The smallest absolute Gasteiger partial charge is 0.134 e. The third-order valence-corrected chi connectivity index (χ3v) is 2.86. The van der Waals surface area contributed by atoms with E-state index in [0.29, 0.717) is 24.2 Å². The molecule has 1 aliphatic heterocycles. The van der Waals surface area contributed by atoms with Gasteiger partial charge in [0.2, 0.25) is 0 Å². The second kappa shape index (κ2) is 6.31. The van der Waals surface area contributed by atoms with Crippen LogP contribution in [0.15, 0.2) is 6.07 Å². The summed E-state index contributed by atoms with van der Waals surface area (Å²) < 4.78 is 11.0. The van der Waals surface area contributed by atoms with Gasteiger partial charge in [-0.05, 0) is 20.3 Å². The zero-order valence-electron chi connectivity index (χ0n) is 10.6. The fourth-order valence-electron chi connectivity index (χ4n) is 1.82. The number of rotatable bonds is 5. The molecule has 5 nitrogen and oxygen atoms in total. The van der Waals surface area contributed by atoms with Crippen LogP contribution in [0.3, 0.4) is 0 Å². The number of hydrogen-bond acceptors (Lipinski definition) is 5. The van der Waals surface area contributed by atoms with Crippen LogP contribution in [0.25, 0.3) is 0 Å². The van der Waals surface area contributed by atoms with Crippen molar-refractivity contribution in [2.75, 3.05) is 25.1 Å². The Bertz CT molecular complexity index is 377. The largest absolute Gasteiger partial charge is 0.379 e. The maximum atomic E-state index is 5.88. The molecule has 2 rings (SSSR count). The number of halogens is 1. The van der Waals surface area contributed by atoms with E-state index >= 15 is 0 Å². The van der Waals surface area contributed by atoms with Crippen LogP contribution in [0.4, 0.5) is 5.82 Å². The predicted octanol–water partition coefficient (Wildman–Crippen LogP) is 2.04. The van der Waals surface area contributed by atoms with E-state index in [9.17, 15) is 0 Å². The van der Waals surface area contributed by atoms with Gasteiger partial charge in [-0.1, -0.05) is 11.6 Å². The number of nitrogens with one attached hydrogen (secondary N) is 1. The molecule has 2 atom stereocenters. The second-order valence-corrected chi connectivity index (χ2v) is 4.87. The third-order valence-electron chi connectivity index (χ3n) is 2.67. The van der Waals surface area contributed by atoms with Crippen molar-refractivity contribution >= 4 is 17.4 Å². The number of aryl methyl sites for hydroxylation is 1. The number of nitrogens with zero attached hydrogens (tertiary/aromatic N) is 2. The van der Waals surface area contributed by atoms with E-state index in [-0.39, 0.29) is 12.1 Å². The van der Waals surface area contributed by atoms with Crippen molar-refractivity contribution in [3.8, 4) is 0 Å². The average Bonchev–Trinajstić information content (AvgIpc) is 2.77.